The third-order valence-electron chi connectivity index (χ3n) is 5.02. The molecule has 1 aliphatic heterocycles. The van der Waals surface area contributed by atoms with Crippen LogP contribution in [0.3, 0.4) is 0 Å². The lowest BCUT2D eigenvalue weighted by molar-refractivity contribution is 0.00578. The van der Waals surface area contributed by atoms with E-state index in [4.69, 9.17) is 9.31 Å². The van der Waals surface area contributed by atoms with Gasteiger partial charge in [-0.3, -0.25) is 0 Å². The Morgan fingerprint density at radius 2 is 1.62 bits per heavy atom. The summed E-state index contributed by atoms with van der Waals surface area (Å²) in [5.74, 6) is 0.492. The highest BCUT2D eigenvalue weighted by molar-refractivity contribution is 7.90. The maximum atomic E-state index is 12.5. The monoisotopic (exact) mass is 315 g/mol. The molecule has 6 heteroatoms. The van der Waals surface area contributed by atoms with Crippen LogP contribution in [0.4, 0.5) is 0 Å². The molecule has 2 atom stereocenters. The molecule has 122 valence electrons. The summed E-state index contributed by atoms with van der Waals surface area (Å²) < 4.78 is 27.9. The van der Waals surface area contributed by atoms with Crippen molar-refractivity contribution < 1.29 is 13.9 Å². The average Bonchev–Trinajstić information content (AvgIpc) is 2.43. The molecule has 2 fully saturated rings. The van der Waals surface area contributed by atoms with Gasteiger partial charge in [-0.1, -0.05) is 6.42 Å². The lowest BCUT2D eigenvalue weighted by Gasteiger charge is -2.37. The molecule has 1 heterocycles. The van der Waals surface area contributed by atoms with Gasteiger partial charge in [0.05, 0.1) is 17.1 Å². The Hall–Kier alpha value is 0.255. The molecule has 1 unspecified atom stereocenters. The van der Waals surface area contributed by atoms with Crippen molar-refractivity contribution in [2.75, 3.05) is 0 Å². The Balaban J connectivity index is 2.11. The van der Waals surface area contributed by atoms with Gasteiger partial charge in [0.1, 0.15) is 4.75 Å². The van der Waals surface area contributed by atoms with E-state index < -0.39 is 11.4 Å². The number of hydrogen-bond donors (Lipinski definition) is 1. The van der Waals surface area contributed by atoms with Gasteiger partial charge in [0.2, 0.25) is 0 Å². The molecule has 0 bridgehead atoms. The van der Waals surface area contributed by atoms with Crippen LogP contribution in [0.5, 0.6) is 0 Å². The molecular weight excluding hydrogens is 285 g/mol. The normalized spacial score (nSPS) is 28.3. The van der Waals surface area contributed by atoms with Crippen molar-refractivity contribution in [3.8, 4) is 0 Å². The summed E-state index contributed by atoms with van der Waals surface area (Å²) in [7, 11) is -0.327. The zero-order valence-corrected chi connectivity index (χ0v) is 15.3. The van der Waals surface area contributed by atoms with Crippen LogP contribution < -0.4 is 4.72 Å². The van der Waals surface area contributed by atoms with Crippen molar-refractivity contribution in [2.45, 2.75) is 89.6 Å². The van der Waals surface area contributed by atoms with Crippen LogP contribution in [-0.2, 0) is 20.7 Å². The first-order valence-corrected chi connectivity index (χ1v) is 9.13. The molecule has 0 aromatic rings. The minimum Gasteiger partial charge on any atom is -0.598 e. The van der Waals surface area contributed by atoms with Gasteiger partial charge in [-0.05, 0) is 67.2 Å². The van der Waals surface area contributed by atoms with Crippen LogP contribution in [0.15, 0.2) is 0 Å². The quantitative estimate of drug-likeness (QED) is 0.640. The summed E-state index contributed by atoms with van der Waals surface area (Å²) in [6, 6.07) is 0. The SMILES string of the molecule is CC(C)(C)[S+]([O-])N[C@@H](B1OC(C)(C)C(C)(C)O1)C1CCC1. The van der Waals surface area contributed by atoms with E-state index in [0.717, 1.165) is 12.8 Å². The van der Waals surface area contributed by atoms with E-state index in [0.29, 0.717) is 5.92 Å². The van der Waals surface area contributed by atoms with E-state index in [-0.39, 0.29) is 29.0 Å². The second kappa shape index (κ2) is 5.71. The van der Waals surface area contributed by atoms with Crippen molar-refractivity contribution in [1.29, 1.82) is 0 Å². The van der Waals surface area contributed by atoms with E-state index in [1.165, 1.54) is 6.42 Å². The van der Waals surface area contributed by atoms with E-state index in [1.807, 2.05) is 20.8 Å². The summed E-state index contributed by atoms with van der Waals surface area (Å²) in [6.45, 7) is 14.2. The average molecular weight is 315 g/mol. The lowest BCUT2D eigenvalue weighted by atomic mass is 9.64. The Bertz CT molecular complexity index is 364. The maximum absolute atomic E-state index is 12.5. The fraction of sp³-hybridized carbons (Fsp3) is 1.00. The smallest absolute Gasteiger partial charge is 0.481 e. The van der Waals surface area contributed by atoms with Crippen molar-refractivity contribution in [1.82, 2.24) is 4.72 Å². The summed E-state index contributed by atoms with van der Waals surface area (Å²) in [5, 5.41) is 0. The molecule has 2 rings (SSSR count). The molecule has 0 radical (unpaired) electrons. The highest BCUT2D eigenvalue weighted by atomic mass is 32.2. The number of hydrogen-bond acceptors (Lipinski definition) is 4. The van der Waals surface area contributed by atoms with E-state index in [9.17, 15) is 4.55 Å². The molecule has 0 aromatic heterocycles. The molecule has 1 N–H and O–H groups in total. The molecule has 0 amide bonds. The van der Waals surface area contributed by atoms with Gasteiger partial charge < -0.3 is 13.9 Å². The summed E-state index contributed by atoms with van der Waals surface area (Å²) in [4.78, 5) is 0. The summed E-state index contributed by atoms with van der Waals surface area (Å²) in [6.07, 6.45) is 3.55. The molecule has 1 saturated carbocycles. The van der Waals surface area contributed by atoms with E-state index in [2.05, 4.69) is 32.4 Å². The second-order valence-corrected chi connectivity index (χ2v) is 10.3. The van der Waals surface area contributed by atoms with Crippen molar-refractivity contribution in [3.05, 3.63) is 0 Å². The van der Waals surface area contributed by atoms with E-state index in [1.54, 1.807) is 0 Å². The van der Waals surface area contributed by atoms with Crippen LogP contribution in [0, 0.1) is 5.92 Å². The topological polar surface area (TPSA) is 53.5 Å². The van der Waals surface area contributed by atoms with Crippen LogP contribution >= 0.6 is 0 Å². The van der Waals surface area contributed by atoms with Crippen molar-refractivity contribution >= 4 is 18.5 Å². The van der Waals surface area contributed by atoms with Crippen molar-refractivity contribution in [2.24, 2.45) is 5.92 Å². The van der Waals surface area contributed by atoms with Gasteiger partial charge in [0.15, 0.2) is 0 Å². The standard InChI is InChI=1S/C15H30BNO3S/c1-13(2,3)21(18)17-12(11-9-8-10-11)16-19-14(4,5)15(6,7)20-16/h11-12,17H,8-10H2,1-7H3/t12-,21?/m1/s1. The number of rotatable bonds is 4. The molecule has 4 nitrogen and oxygen atoms in total. The molecule has 0 aromatic carbocycles. The van der Waals surface area contributed by atoms with Crippen LogP contribution in [0.1, 0.15) is 67.7 Å². The van der Waals surface area contributed by atoms with E-state index >= 15 is 0 Å². The molecule has 21 heavy (non-hydrogen) atoms. The Labute approximate surface area is 133 Å². The molecular formula is C15H30BNO3S. The summed E-state index contributed by atoms with van der Waals surface area (Å²) >= 11 is -1.11. The lowest BCUT2D eigenvalue weighted by Crippen LogP contribution is -2.56. The predicted octanol–water partition coefficient (Wildman–Crippen LogP) is 2.84. The van der Waals surface area contributed by atoms with Gasteiger partial charge in [0.25, 0.3) is 0 Å². The fourth-order valence-corrected chi connectivity index (χ4v) is 3.41. The zero-order chi connectivity index (χ0) is 16.1. The maximum Gasteiger partial charge on any atom is 0.481 e. The minimum absolute atomic E-state index is 0.000131. The largest absolute Gasteiger partial charge is 0.598 e. The fourth-order valence-electron chi connectivity index (χ4n) is 2.51. The Kier molecular flexibility index (Phi) is 4.79. The van der Waals surface area contributed by atoms with Gasteiger partial charge in [-0.15, -0.1) is 4.72 Å². The molecule has 0 spiro atoms. The second-order valence-electron chi connectivity index (χ2n) is 8.34. The first-order valence-electron chi connectivity index (χ1n) is 7.98. The van der Waals surface area contributed by atoms with Crippen LogP contribution in [0.25, 0.3) is 0 Å². The van der Waals surface area contributed by atoms with Crippen molar-refractivity contribution in [3.63, 3.8) is 0 Å². The summed E-state index contributed by atoms with van der Waals surface area (Å²) in [5.41, 5.74) is -0.685. The zero-order valence-electron chi connectivity index (χ0n) is 14.5. The third kappa shape index (κ3) is 3.61. The number of nitrogens with one attached hydrogen (secondary N) is 1. The third-order valence-corrected chi connectivity index (χ3v) is 6.62. The van der Waals surface area contributed by atoms with Gasteiger partial charge in [-0.2, -0.15) is 0 Å². The minimum atomic E-state index is -1.11. The van der Waals surface area contributed by atoms with Crippen LogP contribution in [-0.4, -0.2) is 33.6 Å². The Morgan fingerprint density at radius 1 is 1.14 bits per heavy atom. The molecule has 1 saturated heterocycles. The first-order chi connectivity index (χ1) is 9.44. The first kappa shape index (κ1) is 17.6. The highest BCUT2D eigenvalue weighted by Crippen LogP contribution is 2.41. The molecule has 2 aliphatic rings. The Morgan fingerprint density at radius 3 is 1.95 bits per heavy atom. The van der Waals surface area contributed by atoms with Gasteiger partial charge >= 0.3 is 7.12 Å². The van der Waals surface area contributed by atoms with Crippen LogP contribution in [0.2, 0.25) is 0 Å². The molecule has 1 aliphatic carbocycles. The highest BCUT2D eigenvalue weighted by Gasteiger charge is 2.57. The van der Waals surface area contributed by atoms with Gasteiger partial charge in [0, 0.05) is 11.4 Å². The van der Waals surface area contributed by atoms with Gasteiger partial charge in [-0.25, -0.2) is 0 Å². The predicted molar refractivity (Wildman–Crippen MR) is 88.2 cm³/mol.